The van der Waals surface area contributed by atoms with E-state index >= 15 is 0 Å². The number of hydrogen-bond donors (Lipinski definition) is 0. The summed E-state index contributed by atoms with van der Waals surface area (Å²) < 4.78 is 6.01. The van der Waals surface area contributed by atoms with E-state index in [1.54, 1.807) is 7.11 Å². The Kier molecular flexibility index (Phi) is 4.50. The van der Waals surface area contributed by atoms with Gasteiger partial charge in [0.15, 0.2) is 0 Å². The second-order valence-electron chi connectivity index (χ2n) is 5.51. The molecule has 2 rings (SSSR count). The van der Waals surface area contributed by atoms with Gasteiger partial charge in [0.1, 0.15) is 5.75 Å². The van der Waals surface area contributed by atoms with Crippen LogP contribution >= 0.6 is 15.9 Å². The SMILES string of the molecule is COc1ccc(C(=O)N2CC(C)CC(C)C2)cc1Br. The van der Waals surface area contributed by atoms with Crippen molar-refractivity contribution in [2.24, 2.45) is 11.8 Å². The molecule has 3 nitrogen and oxygen atoms in total. The third-order valence-corrected chi connectivity index (χ3v) is 4.17. The summed E-state index contributed by atoms with van der Waals surface area (Å²) in [6.45, 7) is 6.12. The topological polar surface area (TPSA) is 29.5 Å². The number of piperidine rings is 1. The van der Waals surface area contributed by atoms with Crippen LogP contribution in [0.4, 0.5) is 0 Å². The molecule has 1 aromatic rings. The number of methoxy groups -OCH3 is 1. The van der Waals surface area contributed by atoms with Gasteiger partial charge < -0.3 is 9.64 Å². The first-order valence-electron chi connectivity index (χ1n) is 6.64. The number of halogens is 1. The zero-order chi connectivity index (χ0) is 14.0. The van der Waals surface area contributed by atoms with Crippen LogP contribution in [0.15, 0.2) is 22.7 Å². The molecule has 1 amide bonds. The fourth-order valence-corrected chi connectivity index (χ4v) is 3.35. The molecule has 0 aliphatic carbocycles. The van der Waals surface area contributed by atoms with E-state index < -0.39 is 0 Å². The average molecular weight is 326 g/mol. The fourth-order valence-electron chi connectivity index (χ4n) is 2.81. The summed E-state index contributed by atoms with van der Waals surface area (Å²) in [5, 5.41) is 0. The molecule has 104 valence electrons. The Balaban J connectivity index is 2.17. The van der Waals surface area contributed by atoms with Crippen molar-refractivity contribution in [1.82, 2.24) is 4.90 Å². The second-order valence-corrected chi connectivity index (χ2v) is 6.36. The molecule has 1 aromatic carbocycles. The summed E-state index contributed by atoms with van der Waals surface area (Å²) in [5.74, 6) is 2.02. The van der Waals surface area contributed by atoms with Gasteiger partial charge in [-0.05, 0) is 52.4 Å². The molecular formula is C15H20BrNO2. The fraction of sp³-hybridized carbons (Fsp3) is 0.533. The monoisotopic (exact) mass is 325 g/mol. The highest BCUT2D eigenvalue weighted by Crippen LogP contribution is 2.27. The highest BCUT2D eigenvalue weighted by Gasteiger charge is 2.26. The van der Waals surface area contributed by atoms with Crippen LogP contribution < -0.4 is 4.74 Å². The van der Waals surface area contributed by atoms with E-state index in [1.165, 1.54) is 6.42 Å². The molecule has 1 saturated heterocycles. The van der Waals surface area contributed by atoms with Crippen molar-refractivity contribution in [2.45, 2.75) is 20.3 Å². The van der Waals surface area contributed by atoms with Crippen LogP contribution in [0.1, 0.15) is 30.6 Å². The molecule has 0 bridgehead atoms. The number of nitrogens with zero attached hydrogens (tertiary/aromatic N) is 1. The lowest BCUT2D eigenvalue weighted by atomic mass is 9.91. The van der Waals surface area contributed by atoms with E-state index in [0.717, 1.165) is 23.3 Å². The maximum atomic E-state index is 12.5. The van der Waals surface area contributed by atoms with Crippen molar-refractivity contribution >= 4 is 21.8 Å². The summed E-state index contributed by atoms with van der Waals surface area (Å²) in [5.41, 5.74) is 0.717. The lowest BCUT2D eigenvalue weighted by Gasteiger charge is -2.35. The van der Waals surface area contributed by atoms with E-state index in [-0.39, 0.29) is 5.91 Å². The number of amides is 1. The molecule has 2 unspecified atom stereocenters. The molecule has 1 fully saturated rings. The minimum atomic E-state index is 0.113. The molecule has 0 radical (unpaired) electrons. The van der Waals surface area contributed by atoms with Gasteiger partial charge in [-0.1, -0.05) is 13.8 Å². The molecule has 0 N–H and O–H groups in total. The van der Waals surface area contributed by atoms with E-state index in [4.69, 9.17) is 4.74 Å². The quantitative estimate of drug-likeness (QED) is 0.831. The van der Waals surface area contributed by atoms with Crippen LogP contribution in [0.5, 0.6) is 5.75 Å². The van der Waals surface area contributed by atoms with Crippen LogP contribution in [-0.2, 0) is 0 Å². The molecule has 0 saturated carbocycles. The van der Waals surface area contributed by atoms with Crippen molar-refractivity contribution in [3.8, 4) is 5.75 Å². The minimum absolute atomic E-state index is 0.113. The largest absolute Gasteiger partial charge is 0.496 e. The van der Waals surface area contributed by atoms with Gasteiger partial charge in [-0.2, -0.15) is 0 Å². The zero-order valence-corrected chi connectivity index (χ0v) is 13.2. The Bertz CT molecular complexity index is 465. The van der Waals surface area contributed by atoms with Crippen molar-refractivity contribution in [3.05, 3.63) is 28.2 Å². The Hall–Kier alpha value is -1.03. The van der Waals surface area contributed by atoms with Gasteiger partial charge in [0.25, 0.3) is 5.91 Å². The van der Waals surface area contributed by atoms with Gasteiger partial charge >= 0.3 is 0 Å². The summed E-state index contributed by atoms with van der Waals surface area (Å²) in [6.07, 6.45) is 1.20. The van der Waals surface area contributed by atoms with Gasteiger partial charge in [0.05, 0.1) is 11.6 Å². The number of ether oxygens (including phenoxy) is 1. The molecule has 1 aliphatic rings. The third kappa shape index (κ3) is 3.30. The normalized spacial score (nSPS) is 23.3. The van der Waals surface area contributed by atoms with Crippen molar-refractivity contribution in [3.63, 3.8) is 0 Å². The minimum Gasteiger partial charge on any atom is -0.496 e. The third-order valence-electron chi connectivity index (χ3n) is 3.55. The Morgan fingerprint density at radius 1 is 1.32 bits per heavy atom. The molecule has 4 heteroatoms. The van der Waals surface area contributed by atoms with Gasteiger partial charge in [-0.25, -0.2) is 0 Å². The second kappa shape index (κ2) is 5.95. The summed E-state index contributed by atoms with van der Waals surface area (Å²) in [4.78, 5) is 14.5. The molecule has 0 aromatic heterocycles. The number of carbonyl (C=O) groups excluding carboxylic acids is 1. The van der Waals surface area contributed by atoms with Crippen LogP contribution in [-0.4, -0.2) is 31.0 Å². The lowest BCUT2D eigenvalue weighted by molar-refractivity contribution is 0.0623. The molecule has 1 heterocycles. The Morgan fingerprint density at radius 3 is 2.47 bits per heavy atom. The molecular weight excluding hydrogens is 306 g/mol. The van der Waals surface area contributed by atoms with E-state index in [2.05, 4.69) is 29.8 Å². The predicted molar refractivity (Wildman–Crippen MR) is 79.5 cm³/mol. The number of likely N-dealkylation sites (tertiary alicyclic amines) is 1. The molecule has 2 atom stereocenters. The van der Waals surface area contributed by atoms with Crippen LogP contribution in [0.25, 0.3) is 0 Å². The highest BCUT2D eigenvalue weighted by molar-refractivity contribution is 9.10. The van der Waals surface area contributed by atoms with E-state index in [0.29, 0.717) is 17.4 Å². The number of hydrogen-bond acceptors (Lipinski definition) is 2. The van der Waals surface area contributed by atoms with Gasteiger partial charge in [0, 0.05) is 18.7 Å². The van der Waals surface area contributed by atoms with E-state index in [9.17, 15) is 4.79 Å². The first-order valence-corrected chi connectivity index (χ1v) is 7.43. The Labute approximate surface area is 123 Å². The van der Waals surface area contributed by atoms with Crippen molar-refractivity contribution in [2.75, 3.05) is 20.2 Å². The van der Waals surface area contributed by atoms with Crippen LogP contribution in [0, 0.1) is 11.8 Å². The summed E-state index contributed by atoms with van der Waals surface area (Å²) >= 11 is 3.43. The van der Waals surface area contributed by atoms with Crippen LogP contribution in [0.2, 0.25) is 0 Å². The first kappa shape index (κ1) is 14.4. The molecule has 0 spiro atoms. The molecule has 19 heavy (non-hydrogen) atoms. The molecule has 1 aliphatic heterocycles. The number of benzene rings is 1. The highest BCUT2D eigenvalue weighted by atomic mass is 79.9. The maximum Gasteiger partial charge on any atom is 0.253 e. The maximum absolute atomic E-state index is 12.5. The Morgan fingerprint density at radius 2 is 1.95 bits per heavy atom. The smallest absolute Gasteiger partial charge is 0.253 e. The average Bonchev–Trinajstić information content (AvgIpc) is 2.36. The standard InChI is InChI=1S/C15H20BrNO2/c1-10-6-11(2)9-17(8-10)15(18)12-4-5-14(19-3)13(16)7-12/h4-5,7,10-11H,6,8-9H2,1-3H3. The van der Waals surface area contributed by atoms with Crippen molar-refractivity contribution < 1.29 is 9.53 Å². The number of rotatable bonds is 2. The first-order chi connectivity index (χ1) is 9.01. The summed E-state index contributed by atoms with van der Waals surface area (Å²) in [7, 11) is 1.62. The van der Waals surface area contributed by atoms with Crippen LogP contribution in [0.3, 0.4) is 0 Å². The van der Waals surface area contributed by atoms with Gasteiger partial charge in [0.2, 0.25) is 0 Å². The number of carbonyl (C=O) groups is 1. The van der Waals surface area contributed by atoms with Gasteiger partial charge in [-0.15, -0.1) is 0 Å². The van der Waals surface area contributed by atoms with Crippen molar-refractivity contribution in [1.29, 1.82) is 0 Å². The summed E-state index contributed by atoms with van der Waals surface area (Å²) in [6, 6.07) is 5.50. The predicted octanol–water partition coefficient (Wildman–Crippen LogP) is 3.58. The van der Waals surface area contributed by atoms with Gasteiger partial charge in [-0.3, -0.25) is 4.79 Å². The van der Waals surface area contributed by atoms with E-state index in [1.807, 2.05) is 23.1 Å². The zero-order valence-electron chi connectivity index (χ0n) is 11.6. The lowest BCUT2D eigenvalue weighted by Crippen LogP contribution is -2.42.